The molecular weight excluding hydrogens is 238 g/mol. The third kappa shape index (κ3) is 4.43. The average molecular weight is 253 g/mol. The molecule has 86 valence electrons. The fraction of sp³-hybridized carbons (Fsp3) is 0.583. The molecule has 0 aromatic rings. The summed E-state index contributed by atoms with van der Waals surface area (Å²) in [7, 11) is 0. The van der Waals surface area contributed by atoms with Gasteiger partial charge in [0, 0.05) is 28.9 Å². The first-order valence-corrected chi connectivity index (χ1v) is 7.32. The zero-order valence-electron chi connectivity index (χ0n) is 9.15. The second-order valence-electron chi connectivity index (χ2n) is 3.43. The second kappa shape index (κ2) is 7.54. The van der Waals surface area contributed by atoms with Crippen molar-refractivity contribution in [2.45, 2.75) is 11.7 Å². The average Bonchev–Trinajstić information content (AvgIpc) is 2.30. The van der Waals surface area contributed by atoms with E-state index in [0.29, 0.717) is 24.8 Å². The number of hydrogen-bond acceptors (Lipinski definition) is 3. The minimum Gasteiger partial charge on any atom is -0.320 e. The van der Waals surface area contributed by atoms with Crippen LogP contribution in [0.3, 0.4) is 0 Å². The van der Waals surface area contributed by atoms with Crippen molar-refractivity contribution < 1.29 is 4.79 Å². The monoisotopic (exact) mass is 253 g/mol. The van der Waals surface area contributed by atoms with E-state index in [1.165, 1.54) is 5.75 Å². The molecular formula is C12H15NOS2. The first kappa shape index (κ1) is 13.4. The summed E-state index contributed by atoms with van der Waals surface area (Å²) in [4.78, 5) is 13.5. The third-order valence-electron chi connectivity index (χ3n) is 2.20. The second-order valence-corrected chi connectivity index (χ2v) is 5.99. The predicted octanol–water partition coefficient (Wildman–Crippen LogP) is 1.32. The van der Waals surface area contributed by atoms with Crippen molar-refractivity contribution in [2.75, 3.05) is 30.3 Å². The van der Waals surface area contributed by atoms with Gasteiger partial charge in [0.05, 0.1) is 13.1 Å². The number of amides is 1. The molecule has 0 aromatic carbocycles. The van der Waals surface area contributed by atoms with E-state index < -0.39 is 0 Å². The molecule has 16 heavy (non-hydrogen) atoms. The normalized spacial score (nSPS) is 19.5. The van der Waals surface area contributed by atoms with Gasteiger partial charge in [-0.25, -0.2) is 0 Å². The van der Waals surface area contributed by atoms with Crippen LogP contribution in [-0.2, 0) is 4.79 Å². The molecule has 0 saturated carbocycles. The van der Waals surface area contributed by atoms with Crippen LogP contribution in [0.4, 0.5) is 0 Å². The number of thioether (sulfide) groups is 2. The standard InChI is InChI=1S/C12H15NOS2/c1-3-5-13(6-4-2)12(14)9-11-10-15-7-8-16-11/h1-2,11H,5-10H2. The molecule has 1 heterocycles. The lowest BCUT2D eigenvalue weighted by molar-refractivity contribution is -0.129. The van der Waals surface area contributed by atoms with E-state index in [1.807, 2.05) is 23.5 Å². The minimum atomic E-state index is 0.0795. The lowest BCUT2D eigenvalue weighted by atomic mass is 10.3. The van der Waals surface area contributed by atoms with Gasteiger partial charge in [-0.2, -0.15) is 23.5 Å². The smallest absolute Gasteiger partial charge is 0.225 e. The number of carbonyl (C=O) groups is 1. The van der Waals surface area contributed by atoms with Crippen molar-refractivity contribution in [1.82, 2.24) is 4.90 Å². The van der Waals surface area contributed by atoms with E-state index in [9.17, 15) is 4.79 Å². The highest BCUT2D eigenvalue weighted by Gasteiger charge is 2.20. The van der Waals surface area contributed by atoms with E-state index >= 15 is 0 Å². The van der Waals surface area contributed by atoms with Gasteiger partial charge in [-0.15, -0.1) is 12.8 Å². The highest BCUT2D eigenvalue weighted by atomic mass is 32.2. The molecule has 1 fully saturated rings. The van der Waals surface area contributed by atoms with Crippen LogP contribution in [0.15, 0.2) is 0 Å². The maximum Gasteiger partial charge on any atom is 0.225 e. The summed E-state index contributed by atoms with van der Waals surface area (Å²) < 4.78 is 0. The van der Waals surface area contributed by atoms with Gasteiger partial charge in [-0.1, -0.05) is 11.8 Å². The maximum atomic E-state index is 11.9. The lowest BCUT2D eigenvalue weighted by Crippen LogP contribution is -2.34. The van der Waals surface area contributed by atoms with E-state index in [1.54, 1.807) is 4.90 Å². The van der Waals surface area contributed by atoms with Gasteiger partial charge >= 0.3 is 0 Å². The Kier molecular flexibility index (Phi) is 6.30. The molecule has 1 rings (SSSR count). The van der Waals surface area contributed by atoms with Crippen LogP contribution >= 0.6 is 23.5 Å². The summed E-state index contributed by atoms with van der Waals surface area (Å²) in [6, 6.07) is 0. The summed E-state index contributed by atoms with van der Waals surface area (Å²) in [5.41, 5.74) is 0. The predicted molar refractivity (Wildman–Crippen MR) is 72.4 cm³/mol. The molecule has 1 aliphatic heterocycles. The van der Waals surface area contributed by atoms with Crippen molar-refractivity contribution in [3.8, 4) is 24.7 Å². The summed E-state index contributed by atoms with van der Waals surface area (Å²) in [5, 5.41) is 0.421. The summed E-state index contributed by atoms with van der Waals surface area (Å²) in [5.74, 6) is 8.39. The van der Waals surface area contributed by atoms with E-state index in [0.717, 1.165) is 11.5 Å². The molecule has 0 bridgehead atoms. The number of rotatable bonds is 4. The van der Waals surface area contributed by atoms with Crippen molar-refractivity contribution in [1.29, 1.82) is 0 Å². The largest absolute Gasteiger partial charge is 0.320 e. The Bertz CT molecular complexity index is 294. The van der Waals surface area contributed by atoms with Crippen LogP contribution < -0.4 is 0 Å². The molecule has 0 aromatic heterocycles. The Balaban J connectivity index is 2.41. The molecule has 1 atom stereocenters. The number of hydrogen-bond donors (Lipinski definition) is 0. The molecule has 1 aliphatic rings. The molecule has 1 unspecified atom stereocenters. The van der Waals surface area contributed by atoms with Crippen molar-refractivity contribution in [3.05, 3.63) is 0 Å². The van der Waals surface area contributed by atoms with Gasteiger partial charge in [0.25, 0.3) is 0 Å². The summed E-state index contributed by atoms with van der Waals surface area (Å²) in [6.07, 6.45) is 11.0. The first-order chi connectivity index (χ1) is 7.77. The molecule has 1 amide bonds. The van der Waals surface area contributed by atoms with Crippen LogP contribution in [0.1, 0.15) is 6.42 Å². The Morgan fingerprint density at radius 1 is 1.31 bits per heavy atom. The molecule has 0 aliphatic carbocycles. The van der Waals surface area contributed by atoms with Crippen LogP contribution in [0, 0.1) is 24.7 Å². The fourth-order valence-corrected chi connectivity index (χ4v) is 4.10. The van der Waals surface area contributed by atoms with Crippen LogP contribution in [0.25, 0.3) is 0 Å². The zero-order valence-corrected chi connectivity index (χ0v) is 10.8. The van der Waals surface area contributed by atoms with Crippen molar-refractivity contribution in [2.24, 2.45) is 0 Å². The summed E-state index contributed by atoms with van der Waals surface area (Å²) >= 11 is 3.78. The van der Waals surface area contributed by atoms with Gasteiger partial charge in [-0.3, -0.25) is 4.79 Å². The van der Waals surface area contributed by atoms with Gasteiger partial charge in [-0.05, 0) is 0 Å². The maximum absolute atomic E-state index is 11.9. The number of carbonyl (C=O) groups excluding carboxylic acids is 1. The molecule has 0 spiro atoms. The third-order valence-corrected chi connectivity index (χ3v) is 5.05. The Hall–Kier alpha value is -0.710. The highest BCUT2D eigenvalue weighted by molar-refractivity contribution is 8.06. The Morgan fingerprint density at radius 2 is 2.00 bits per heavy atom. The molecule has 2 nitrogen and oxygen atoms in total. The van der Waals surface area contributed by atoms with Crippen molar-refractivity contribution in [3.63, 3.8) is 0 Å². The van der Waals surface area contributed by atoms with Crippen LogP contribution in [0.2, 0.25) is 0 Å². The Morgan fingerprint density at radius 3 is 2.50 bits per heavy atom. The van der Waals surface area contributed by atoms with Crippen molar-refractivity contribution >= 4 is 29.4 Å². The van der Waals surface area contributed by atoms with Gasteiger partial charge in [0.2, 0.25) is 5.91 Å². The molecule has 0 radical (unpaired) electrons. The van der Waals surface area contributed by atoms with E-state index in [-0.39, 0.29) is 5.91 Å². The first-order valence-electron chi connectivity index (χ1n) is 5.12. The quantitative estimate of drug-likeness (QED) is 0.705. The van der Waals surface area contributed by atoms with Gasteiger partial charge < -0.3 is 4.90 Å². The SMILES string of the molecule is C#CCN(CC#C)C(=O)CC1CSCCS1. The van der Waals surface area contributed by atoms with Crippen LogP contribution in [0.5, 0.6) is 0 Å². The number of nitrogens with zero attached hydrogens (tertiary/aromatic N) is 1. The summed E-state index contributed by atoms with van der Waals surface area (Å²) in [6.45, 7) is 0.626. The molecule has 1 saturated heterocycles. The van der Waals surface area contributed by atoms with Gasteiger partial charge in [0.1, 0.15) is 0 Å². The van der Waals surface area contributed by atoms with E-state index in [2.05, 4.69) is 11.8 Å². The topological polar surface area (TPSA) is 20.3 Å². The Labute approximate surface area is 106 Å². The van der Waals surface area contributed by atoms with E-state index in [4.69, 9.17) is 12.8 Å². The zero-order chi connectivity index (χ0) is 11.8. The fourth-order valence-electron chi connectivity index (χ4n) is 1.43. The van der Waals surface area contributed by atoms with Gasteiger partial charge in [0.15, 0.2) is 0 Å². The highest BCUT2D eigenvalue weighted by Crippen LogP contribution is 2.26. The number of terminal acetylenes is 2. The lowest BCUT2D eigenvalue weighted by Gasteiger charge is -2.24. The minimum absolute atomic E-state index is 0.0795. The van der Waals surface area contributed by atoms with Crippen LogP contribution in [-0.4, -0.2) is 46.4 Å². The molecule has 0 N–H and O–H groups in total. The molecule has 4 heteroatoms.